The number of carbonyl (C=O) groups excluding carboxylic acids is 1. The minimum atomic E-state index is -0.0835. The second-order valence-electron chi connectivity index (χ2n) is 4.90. The Hall–Kier alpha value is -2.29. The molecule has 0 aliphatic rings. The van der Waals surface area contributed by atoms with Crippen LogP contribution >= 0.6 is 0 Å². The molecule has 0 bridgehead atoms. The van der Waals surface area contributed by atoms with Gasteiger partial charge in [-0.3, -0.25) is 4.79 Å². The first-order chi connectivity index (χ1) is 10.3. The molecule has 21 heavy (non-hydrogen) atoms. The predicted octanol–water partition coefficient (Wildman–Crippen LogP) is 3.80. The molecule has 0 unspecified atom stereocenters. The smallest absolute Gasteiger partial charge is 0.251 e. The van der Waals surface area contributed by atoms with Crippen molar-refractivity contribution in [2.24, 2.45) is 0 Å². The summed E-state index contributed by atoms with van der Waals surface area (Å²) in [7, 11) is 0. The fraction of sp³-hybridized carbons (Fsp3) is 0.278. The maximum atomic E-state index is 12.1. The molecule has 1 N–H and O–H groups in total. The maximum Gasteiger partial charge on any atom is 0.251 e. The van der Waals surface area contributed by atoms with Gasteiger partial charge in [0.15, 0.2) is 0 Å². The molecule has 0 atom stereocenters. The van der Waals surface area contributed by atoms with Crippen LogP contribution in [-0.2, 0) is 6.54 Å². The molecule has 3 heteroatoms. The normalized spacial score (nSPS) is 10.1. The van der Waals surface area contributed by atoms with Crippen molar-refractivity contribution in [3.8, 4) is 5.75 Å². The van der Waals surface area contributed by atoms with Crippen molar-refractivity contribution in [1.29, 1.82) is 0 Å². The summed E-state index contributed by atoms with van der Waals surface area (Å²) >= 11 is 0. The Balaban J connectivity index is 1.91. The second-order valence-corrected chi connectivity index (χ2v) is 4.90. The van der Waals surface area contributed by atoms with Gasteiger partial charge in [0, 0.05) is 12.1 Å². The van der Waals surface area contributed by atoms with E-state index in [2.05, 4.69) is 12.2 Å². The standard InChI is InChI=1S/C18H21NO2/c1-2-3-12-21-17-11-7-10-16(13-17)18(20)19-14-15-8-5-4-6-9-15/h4-11,13H,2-3,12,14H2,1H3,(H,19,20). The summed E-state index contributed by atoms with van der Waals surface area (Å²) in [6.45, 7) is 3.34. The van der Waals surface area contributed by atoms with E-state index in [4.69, 9.17) is 4.74 Å². The van der Waals surface area contributed by atoms with Gasteiger partial charge in [-0.2, -0.15) is 0 Å². The fourth-order valence-electron chi connectivity index (χ4n) is 1.94. The van der Waals surface area contributed by atoms with E-state index in [0.717, 1.165) is 24.2 Å². The van der Waals surface area contributed by atoms with Gasteiger partial charge in [-0.05, 0) is 30.2 Å². The van der Waals surface area contributed by atoms with Gasteiger partial charge in [-0.1, -0.05) is 49.7 Å². The van der Waals surface area contributed by atoms with E-state index in [1.165, 1.54) is 0 Å². The molecular formula is C18H21NO2. The third-order valence-corrected chi connectivity index (χ3v) is 3.16. The number of unbranched alkanes of at least 4 members (excludes halogenated alkanes) is 1. The van der Waals surface area contributed by atoms with Gasteiger partial charge in [0.2, 0.25) is 0 Å². The lowest BCUT2D eigenvalue weighted by Crippen LogP contribution is -2.22. The highest BCUT2D eigenvalue weighted by Gasteiger charge is 2.06. The topological polar surface area (TPSA) is 38.3 Å². The van der Waals surface area contributed by atoms with Crippen molar-refractivity contribution < 1.29 is 9.53 Å². The molecule has 0 heterocycles. The lowest BCUT2D eigenvalue weighted by molar-refractivity contribution is 0.0950. The van der Waals surface area contributed by atoms with E-state index in [9.17, 15) is 4.79 Å². The number of nitrogens with one attached hydrogen (secondary N) is 1. The van der Waals surface area contributed by atoms with Crippen LogP contribution in [0, 0.1) is 0 Å². The van der Waals surface area contributed by atoms with Crippen LogP contribution in [0.3, 0.4) is 0 Å². The Morgan fingerprint density at radius 1 is 1.10 bits per heavy atom. The highest BCUT2D eigenvalue weighted by molar-refractivity contribution is 5.94. The summed E-state index contributed by atoms with van der Waals surface area (Å²) < 4.78 is 5.62. The van der Waals surface area contributed by atoms with E-state index in [0.29, 0.717) is 18.7 Å². The second kappa shape index (κ2) is 8.10. The van der Waals surface area contributed by atoms with Crippen LogP contribution in [-0.4, -0.2) is 12.5 Å². The third-order valence-electron chi connectivity index (χ3n) is 3.16. The molecule has 0 saturated heterocycles. The highest BCUT2D eigenvalue weighted by atomic mass is 16.5. The van der Waals surface area contributed by atoms with E-state index in [1.54, 1.807) is 12.1 Å². The van der Waals surface area contributed by atoms with Gasteiger partial charge < -0.3 is 10.1 Å². The van der Waals surface area contributed by atoms with Crippen molar-refractivity contribution in [1.82, 2.24) is 5.32 Å². The number of benzene rings is 2. The number of hydrogen-bond donors (Lipinski definition) is 1. The molecule has 2 aromatic carbocycles. The Morgan fingerprint density at radius 2 is 1.90 bits per heavy atom. The Morgan fingerprint density at radius 3 is 2.67 bits per heavy atom. The SMILES string of the molecule is CCCCOc1cccc(C(=O)NCc2ccccc2)c1. The quantitative estimate of drug-likeness (QED) is 0.785. The van der Waals surface area contributed by atoms with Crippen LogP contribution in [0.1, 0.15) is 35.7 Å². The minimum absolute atomic E-state index is 0.0835. The largest absolute Gasteiger partial charge is 0.494 e. The molecule has 0 aliphatic carbocycles. The molecule has 0 spiro atoms. The molecule has 1 amide bonds. The molecule has 110 valence electrons. The summed E-state index contributed by atoms with van der Waals surface area (Å²) in [6.07, 6.45) is 2.11. The zero-order chi connectivity index (χ0) is 14.9. The minimum Gasteiger partial charge on any atom is -0.494 e. The van der Waals surface area contributed by atoms with E-state index >= 15 is 0 Å². The van der Waals surface area contributed by atoms with E-state index in [1.807, 2.05) is 42.5 Å². The van der Waals surface area contributed by atoms with Crippen LogP contribution in [0.25, 0.3) is 0 Å². The molecule has 0 fully saturated rings. The van der Waals surface area contributed by atoms with Crippen molar-refractivity contribution in [2.75, 3.05) is 6.61 Å². The zero-order valence-electron chi connectivity index (χ0n) is 12.3. The lowest BCUT2D eigenvalue weighted by Gasteiger charge is -2.08. The van der Waals surface area contributed by atoms with Gasteiger partial charge >= 0.3 is 0 Å². The van der Waals surface area contributed by atoms with Gasteiger partial charge in [0.1, 0.15) is 5.75 Å². The fourth-order valence-corrected chi connectivity index (χ4v) is 1.94. The number of ether oxygens (including phenoxy) is 1. The first-order valence-corrected chi connectivity index (χ1v) is 7.34. The van der Waals surface area contributed by atoms with Crippen LogP contribution in [0.5, 0.6) is 5.75 Å². The van der Waals surface area contributed by atoms with Crippen LogP contribution in [0.2, 0.25) is 0 Å². The van der Waals surface area contributed by atoms with Crippen LogP contribution in [0.4, 0.5) is 0 Å². The van der Waals surface area contributed by atoms with Crippen molar-refractivity contribution in [2.45, 2.75) is 26.3 Å². The molecule has 2 aromatic rings. The number of rotatable bonds is 7. The Kier molecular flexibility index (Phi) is 5.83. The van der Waals surface area contributed by atoms with E-state index < -0.39 is 0 Å². The zero-order valence-corrected chi connectivity index (χ0v) is 12.3. The molecular weight excluding hydrogens is 262 g/mol. The predicted molar refractivity (Wildman–Crippen MR) is 84.5 cm³/mol. The molecule has 2 rings (SSSR count). The van der Waals surface area contributed by atoms with Gasteiger partial charge in [-0.25, -0.2) is 0 Å². The van der Waals surface area contributed by atoms with Crippen molar-refractivity contribution >= 4 is 5.91 Å². The number of carbonyl (C=O) groups is 1. The Bertz CT molecular complexity index is 566. The highest BCUT2D eigenvalue weighted by Crippen LogP contribution is 2.14. The molecule has 3 nitrogen and oxygen atoms in total. The monoisotopic (exact) mass is 283 g/mol. The average Bonchev–Trinajstić information content (AvgIpc) is 2.54. The third kappa shape index (κ3) is 4.95. The maximum absolute atomic E-state index is 12.1. The number of amides is 1. The first kappa shape index (κ1) is 15.1. The van der Waals surface area contributed by atoms with Gasteiger partial charge in [0.25, 0.3) is 5.91 Å². The molecule has 0 saturated carbocycles. The summed E-state index contributed by atoms with van der Waals surface area (Å²) in [6, 6.07) is 17.2. The summed E-state index contributed by atoms with van der Waals surface area (Å²) in [5.41, 5.74) is 1.71. The molecule has 0 aromatic heterocycles. The number of hydrogen-bond acceptors (Lipinski definition) is 2. The molecule has 0 aliphatic heterocycles. The summed E-state index contributed by atoms with van der Waals surface area (Å²) in [5.74, 6) is 0.663. The molecule has 0 radical (unpaired) electrons. The van der Waals surface area contributed by atoms with Gasteiger partial charge in [-0.15, -0.1) is 0 Å². The van der Waals surface area contributed by atoms with Crippen molar-refractivity contribution in [3.05, 3.63) is 65.7 Å². The van der Waals surface area contributed by atoms with Crippen molar-refractivity contribution in [3.63, 3.8) is 0 Å². The lowest BCUT2D eigenvalue weighted by atomic mass is 10.2. The first-order valence-electron chi connectivity index (χ1n) is 7.34. The average molecular weight is 283 g/mol. The summed E-state index contributed by atoms with van der Waals surface area (Å²) in [5, 5.41) is 2.92. The van der Waals surface area contributed by atoms with Gasteiger partial charge in [0.05, 0.1) is 6.61 Å². The summed E-state index contributed by atoms with van der Waals surface area (Å²) in [4.78, 5) is 12.1. The van der Waals surface area contributed by atoms with Crippen LogP contribution in [0.15, 0.2) is 54.6 Å². The van der Waals surface area contributed by atoms with Crippen LogP contribution < -0.4 is 10.1 Å². The Labute approximate surface area is 126 Å². The van der Waals surface area contributed by atoms with E-state index in [-0.39, 0.29) is 5.91 Å².